The Labute approximate surface area is 136 Å². The molecule has 0 spiro atoms. The summed E-state index contributed by atoms with van der Waals surface area (Å²) in [6.45, 7) is 2.53. The minimum atomic E-state index is -0.223. The van der Waals surface area contributed by atoms with Crippen LogP contribution in [0.15, 0.2) is 58.5 Å². The summed E-state index contributed by atoms with van der Waals surface area (Å²) in [6.07, 6.45) is 5.29. The number of thiophene rings is 1. The van der Waals surface area contributed by atoms with E-state index >= 15 is 0 Å². The van der Waals surface area contributed by atoms with E-state index in [1.807, 2.05) is 31.6 Å². The molecule has 0 radical (unpaired) electrons. The summed E-state index contributed by atoms with van der Waals surface area (Å²) in [5.41, 5.74) is 4.79. The van der Waals surface area contributed by atoms with Gasteiger partial charge in [0.15, 0.2) is 0 Å². The first-order chi connectivity index (χ1) is 11.3. The van der Waals surface area contributed by atoms with Crippen LogP contribution in [0.25, 0.3) is 27.8 Å². The molecule has 0 unspecified atom stereocenters. The maximum Gasteiger partial charge on any atom is 0.347 e. The van der Waals surface area contributed by atoms with Crippen LogP contribution in [0.3, 0.4) is 0 Å². The van der Waals surface area contributed by atoms with Gasteiger partial charge >= 0.3 is 5.69 Å². The fraction of sp³-hybridized carbons (Fsp3) is 0.118. The van der Waals surface area contributed by atoms with Gasteiger partial charge in [0.05, 0.1) is 16.7 Å². The Kier molecular flexibility index (Phi) is 3.31. The second-order valence-corrected chi connectivity index (χ2v) is 5.99. The highest BCUT2D eigenvalue weighted by Gasteiger charge is 2.08. The van der Waals surface area contributed by atoms with E-state index in [1.54, 1.807) is 22.1 Å². The number of aryl methyl sites for hydroxylation is 1. The van der Waals surface area contributed by atoms with Crippen LogP contribution in [0.5, 0.6) is 0 Å². The zero-order valence-electron chi connectivity index (χ0n) is 12.5. The van der Waals surface area contributed by atoms with Crippen molar-refractivity contribution in [3.8, 4) is 16.8 Å². The fourth-order valence-corrected chi connectivity index (χ4v) is 3.25. The second-order valence-electron chi connectivity index (χ2n) is 5.21. The normalized spacial score (nSPS) is 11.2. The van der Waals surface area contributed by atoms with Gasteiger partial charge in [0.2, 0.25) is 0 Å². The number of aromatic nitrogens is 4. The molecule has 3 heterocycles. The maximum absolute atomic E-state index is 11.6. The highest BCUT2D eigenvalue weighted by atomic mass is 32.1. The van der Waals surface area contributed by atoms with Crippen LogP contribution in [-0.4, -0.2) is 19.1 Å². The van der Waals surface area contributed by atoms with E-state index in [0.717, 1.165) is 27.8 Å². The molecule has 5 nitrogen and oxygen atoms in total. The quantitative estimate of drug-likeness (QED) is 0.581. The lowest BCUT2D eigenvalue weighted by atomic mass is 10.1. The lowest BCUT2D eigenvalue weighted by molar-refractivity contribution is 0.700. The largest absolute Gasteiger partial charge is 0.347 e. The minimum absolute atomic E-state index is 0.223. The van der Waals surface area contributed by atoms with Crippen molar-refractivity contribution in [3.05, 3.63) is 64.2 Å². The van der Waals surface area contributed by atoms with Gasteiger partial charge in [-0.1, -0.05) is 6.07 Å². The van der Waals surface area contributed by atoms with E-state index in [1.165, 1.54) is 0 Å². The Bertz CT molecular complexity index is 1030. The average molecular weight is 322 g/mol. The third kappa shape index (κ3) is 2.37. The van der Waals surface area contributed by atoms with Gasteiger partial charge in [0.1, 0.15) is 6.33 Å². The van der Waals surface area contributed by atoms with Crippen molar-refractivity contribution in [2.75, 3.05) is 0 Å². The Morgan fingerprint density at radius 2 is 2.09 bits per heavy atom. The summed E-state index contributed by atoms with van der Waals surface area (Å²) in [4.78, 5) is 20.1. The van der Waals surface area contributed by atoms with E-state index in [9.17, 15) is 4.79 Å². The van der Waals surface area contributed by atoms with Crippen molar-refractivity contribution >= 4 is 22.4 Å². The predicted octanol–water partition coefficient (Wildman–Crippen LogP) is 3.33. The lowest BCUT2D eigenvalue weighted by Gasteiger charge is -2.06. The molecule has 0 bridgehead atoms. The molecule has 114 valence electrons. The third-order valence-corrected chi connectivity index (χ3v) is 4.53. The second kappa shape index (κ2) is 5.48. The van der Waals surface area contributed by atoms with Gasteiger partial charge in [0.25, 0.3) is 0 Å². The molecule has 0 saturated carbocycles. The SMILES string of the molecule is CCn1cc(-c2ccc3c(c2)ncn3-c2ccsc2)cnc1=O. The summed E-state index contributed by atoms with van der Waals surface area (Å²) >= 11 is 1.66. The first-order valence-corrected chi connectivity index (χ1v) is 8.27. The molecule has 0 atom stereocenters. The molecule has 0 aliphatic rings. The van der Waals surface area contributed by atoms with Crippen LogP contribution in [0.2, 0.25) is 0 Å². The van der Waals surface area contributed by atoms with Crippen LogP contribution >= 0.6 is 11.3 Å². The molecule has 23 heavy (non-hydrogen) atoms. The molecular formula is C17H14N4OS. The molecule has 4 rings (SSSR count). The van der Waals surface area contributed by atoms with Crippen molar-refractivity contribution in [1.29, 1.82) is 0 Å². The summed E-state index contributed by atoms with van der Waals surface area (Å²) in [5.74, 6) is 0. The zero-order chi connectivity index (χ0) is 15.8. The van der Waals surface area contributed by atoms with Crippen molar-refractivity contribution < 1.29 is 0 Å². The van der Waals surface area contributed by atoms with Crippen LogP contribution in [0.4, 0.5) is 0 Å². The first kappa shape index (κ1) is 13.9. The van der Waals surface area contributed by atoms with Gasteiger partial charge in [0, 0.05) is 29.9 Å². The Balaban J connectivity index is 1.83. The van der Waals surface area contributed by atoms with E-state index in [4.69, 9.17) is 0 Å². The van der Waals surface area contributed by atoms with E-state index in [2.05, 4.69) is 37.4 Å². The molecule has 0 fully saturated rings. The molecule has 3 aromatic heterocycles. The number of benzene rings is 1. The molecular weight excluding hydrogens is 308 g/mol. The van der Waals surface area contributed by atoms with E-state index in [-0.39, 0.29) is 5.69 Å². The molecule has 4 aromatic rings. The number of fused-ring (bicyclic) bond motifs is 1. The van der Waals surface area contributed by atoms with Gasteiger partial charge < -0.3 is 0 Å². The van der Waals surface area contributed by atoms with Gasteiger partial charge in [-0.05, 0) is 36.1 Å². The fourth-order valence-electron chi connectivity index (χ4n) is 2.62. The van der Waals surface area contributed by atoms with Crippen molar-refractivity contribution in [3.63, 3.8) is 0 Å². The van der Waals surface area contributed by atoms with Crippen LogP contribution in [0.1, 0.15) is 6.92 Å². The molecule has 0 aliphatic heterocycles. The number of hydrogen-bond acceptors (Lipinski definition) is 4. The topological polar surface area (TPSA) is 52.7 Å². The molecule has 6 heteroatoms. The summed E-state index contributed by atoms with van der Waals surface area (Å²) in [5, 5.41) is 4.14. The van der Waals surface area contributed by atoms with E-state index in [0.29, 0.717) is 6.54 Å². The van der Waals surface area contributed by atoms with Crippen LogP contribution < -0.4 is 5.69 Å². The first-order valence-electron chi connectivity index (χ1n) is 7.33. The lowest BCUT2D eigenvalue weighted by Crippen LogP contribution is -2.21. The van der Waals surface area contributed by atoms with Gasteiger partial charge in [-0.3, -0.25) is 9.13 Å². The molecule has 1 aromatic carbocycles. The van der Waals surface area contributed by atoms with Crippen molar-refractivity contribution in [1.82, 2.24) is 19.1 Å². The minimum Gasteiger partial charge on any atom is -0.299 e. The Morgan fingerprint density at radius 1 is 1.17 bits per heavy atom. The number of nitrogens with zero attached hydrogens (tertiary/aromatic N) is 4. The molecule has 0 saturated heterocycles. The maximum atomic E-state index is 11.6. The number of rotatable bonds is 3. The van der Waals surface area contributed by atoms with Gasteiger partial charge in [-0.2, -0.15) is 11.3 Å². The summed E-state index contributed by atoms with van der Waals surface area (Å²) < 4.78 is 3.67. The predicted molar refractivity (Wildman–Crippen MR) is 92.1 cm³/mol. The Hall–Kier alpha value is -2.73. The average Bonchev–Trinajstić information content (AvgIpc) is 3.23. The van der Waals surface area contributed by atoms with Crippen molar-refractivity contribution in [2.45, 2.75) is 13.5 Å². The van der Waals surface area contributed by atoms with Crippen molar-refractivity contribution in [2.24, 2.45) is 0 Å². The molecule has 0 aliphatic carbocycles. The summed E-state index contributed by atoms with van der Waals surface area (Å²) in [7, 11) is 0. The van der Waals surface area contributed by atoms with Gasteiger partial charge in [-0.25, -0.2) is 14.8 Å². The molecule has 0 N–H and O–H groups in total. The Morgan fingerprint density at radius 3 is 2.87 bits per heavy atom. The van der Waals surface area contributed by atoms with Gasteiger partial charge in [-0.15, -0.1) is 0 Å². The van der Waals surface area contributed by atoms with E-state index < -0.39 is 0 Å². The number of hydrogen-bond donors (Lipinski definition) is 0. The highest BCUT2D eigenvalue weighted by molar-refractivity contribution is 7.08. The number of imidazole rings is 1. The van der Waals surface area contributed by atoms with Crippen LogP contribution in [0, 0.1) is 0 Å². The smallest absolute Gasteiger partial charge is 0.299 e. The monoisotopic (exact) mass is 322 g/mol. The van der Waals surface area contributed by atoms with Crippen LogP contribution in [-0.2, 0) is 6.54 Å². The molecule has 0 amide bonds. The highest BCUT2D eigenvalue weighted by Crippen LogP contribution is 2.25. The standard InChI is InChI=1S/C17H14N4OS/c1-2-20-9-13(8-18-17(20)22)12-3-4-16-15(7-12)19-11-21(16)14-5-6-23-10-14/h3-11H,2H2,1H3. The third-order valence-electron chi connectivity index (χ3n) is 3.86. The summed E-state index contributed by atoms with van der Waals surface area (Å²) in [6, 6.07) is 8.19. The zero-order valence-corrected chi connectivity index (χ0v) is 13.3.